The fourth-order valence-corrected chi connectivity index (χ4v) is 2.14. The molecule has 1 aromatic rings. The van der Waals surface area contributed by atoms with Crippen molar-refractivity contribution >= 4 is 28.3 Å². The van der Waals surface area contributed by atoms with Crippen LogP contribution in [0.25, 0.3) is 0 Å². The van der Waals surface area contributed by atoms with E-state index >= 15 is 0 Å². The Balaban J connectivity index is 3.52. The van der Waals surface area contributed by atoms with E-state index in [1.54, 1.807) is 6.07 Å². The van der Waals surface area contributed by atoms with E-state index in [9.17, 15) is 23.3 Å². The Labute approximate surface area is 107 Å². The second-order valence-electron chi connectivity index (χ2n) is 3.06. The van der Waals surface area contributed by atoms with Crippen molar-refractivity contribution in [1.29, 1.82) is 5.26 Å². The van der Waals surface area contributed by atoms with Crippen molar-refractivity contribution in [3.8, 4) is 6.07 Å². The zero-order valence-electron chi connectivity index (χ0n) is 8.08. The van der Waals surface area contributed by atoms with Gasteiger partial charge in [-0.15, -0.1) is 0 Å². The molecule has 17 heavy (non-hydrogen) atoms. The SMILES string of the molecule is N#CCc1cc(I)c([N+](=O)[O-])c(C(F)(F)F)c1. The van der Waals surface area contributed by atoms with Gasteiger partial charge in [-0.3, -0.25) is 10.1 Å². The number of benzene rings is 1. The highest BCUT2D eigenvalue weighted by atomic mass is 127. The maximum atomic E-state index is 12.6. The zero-order valence-corrected chi connectivity index (χ0v) is 10.2. The van der Waals surface area contributed by atoms with Crippen LogP contribution in [0.3, 0.4) is 0 Å². The lowest BCUT2D eigenvalue weighted by molar-refractivity contribution is -0.389. The zero-order chi connectivity index (χ0) is 13.2. The van der Waals surface area contributed by atoms with Crippen molar-refractivity contribution in [1.82, 2.24) is 0 Å². The largest absolute Gasteiger partial charge is 0.423 e. The van der Waals surface area contributed by atoms with Gasteiger partial charge in [0.1, 0.15) is 5.56 Å². The van der Waals surface area contributed by atoms with Crippen LogP contribution in [-0.2, 0) is 12.6 Å². The second kappa shape index (κ2) is 4.87. The lowest BCUT2D eigenvalue weighted by Gasteiger charge is -2.10. The Morgan fingerprint density at radius 3 is 2.47 bits per heavy atom. The van der Waals surface area contributed by atoms with E-state index in [1.807, 2.05) is 0 Å². The second-order valence-corrected chi connectivity index (χ2v) is 4.23. The molecule has 0 aliphatic carbocycles. The quantitative estimate of drug-likeness (QED) is 0.464. The predicted octanol–water partition coefficient (Wildman–Crippen LogP) is 3.28. The Morgan fingerprint density at radius 1 is 1.47 bits per heavy atom. The molecule has 0 amide bonds. The number of halogens is 4. The van der Waals surface area contributed by atoms with Gasteiger partial charge in [0.05, 0.1) is 21.0 Å². The molecule has 0 aromatic heterocycles. The number of rotatable bonds is 2. The molecule has 1 aromatic carbocycles. The average Bonchev–Trinajstić information content (AvgIpc) is 2.15. The van der Waals surface area contributed by atoms with Crippen LogP contribution < -0.4 is 0 Å². The summed E-state index contributed by atoms with van der Waals surface area (Å²) in [5.41, 5.74) is -2.19. The molecule has 0 fully saturated rings. The van der Waals surface area contributed by atoms with E-state index in [0.29, 0.717) is 6.07 Å². The normalized spacial score (nSPS) is 11.0. The Bertz CT molecular complexity index is 508. The number of nitro groups is 1. The van der Waals surface area contributed by atoms with Crippen LogP contribution >= 0.6 is 22.6 Å². The van der Waals surface area contributed by atoms with Crippen molar-refractivity contribution in [2.75, 3.05) is 0 Å². The minimum absolute atomic E-state index is 0.106. The molecule has 0 bridgehead atoms. The molecule has 0 spiro atoms. The molecule has 8 heteroatoms. The first-order valence-corrected chi connectivity index (χ1v) is 5.26. The molecule has 0 radical (unpaired) electrons. The van der Waals surface area contributed by atoms with Gasteiger partial charge in [-0.2, -0.15) is 18.4 Å². The summed E-state index contributed by atoms with van der Waals surface area (Å²) in [6, 6.07) is 3.55. The molecule has 0 saturated carbocycles. The third-order valence-electron chi connectivity index (χ3n) is 1.89. The van der Waals surface area contributed by atoms with Crippen LogP contribution in [0.2, 0.25) is 0 Å². The van der Waals surface area contributed by atoms with Crippen LogP contribution in [0, 0.1) is 25.0 Å². The highest BCUT2D eigenvalue weighted by Crippen LogP contribution is 2.39. The fourth-order valence-electron chi connectivity index (χ4n) is 1.25. The predicted molar refractivity (Wildman–Crippen MR) is 60.1 cm³/mol. The molecule has 90 valence electrons. The van der Waals surface area contributed by atoms with Gasteiger partial charge < -0.3 is 0 Å². The van der Waals surface area contributed by atoms with E-state index in [0.717, 1.165) is 0 Å². The molecule has 0 aliphatic rings. The summed E-state index contributed by atoms with van der Waals surface area (Å²) in [6.07, 6.45) is -5.04. The number of nitriles is 1. The standard InChI is InChI=1S/C9H4F3IN2O2/c10-9(11,12)6-3-5(1-2-14)4-7(13)8(6)15(16)17/h3-4H,1H2. The summed E-state index contributed by atoms with van der Waals surface area (Å²) in [6.45, 7) is 0. The summed E-state index contributed by atoms with van der Waals surface area (Å²) >= 11 is 1.46. The maximum Gasteiger partial charge on any atom is 0.423 e. The van der Waals surface area contributed by atoms with E-state index in [-0.39, 0.29) is 15.6 Å². The van der Waals surface area contributed by atoms with Crippen molar-refractivity contribution in [2.24, 2.45) is 0 Å². The molecule has 0 atom stereocenters. The smallest absolute Gasteiger partial charge is 0.258 e. The minimum Gasteiger partial charge on any atom is -0.258 e. The van der Waals surface area contributed by atoms with Gasteiger partial charge in [0.15, 0.2) is 0 Å². The first-order valence-electron chi connectivity index (χ1n) is 4.18. The highest BCUT2D eigenvalue weighted by molar-refractivity contribution is 14.1. The van der Waals surface area contributed by atoms with Crippen LogP contribution in [0.5, 0.6) is 0 Å². The minimum atomic E-state index is -4.81. The van der Waals surface area contributed by atoms with Crippen molar-refractivity contribution < 1.29 is 18.1 Å². The fraction of sp³-hybridized carbons (Fsp3) is 0.222. The molecule has 0 saturated heterocycles. The molecule has 0 heterocycles. The van der Waals surface area contributed by atoms with E-state index in [2.05, 4.69) is 0 Å². The van der Waals surface area contributed by atoms with E-state index < -0.39 is 22.4 Å². The lowest BCUT2D eigenvalue weighted by Crippen LogP contribution is -2.11. The molecule has 4 nitrogen and oxygen atoms in total. The number of hydrogen-bond acceptors (Lipinski definition) is 3. The number of nitrogens with zero attached hydrogens (tertiary/aromatic N) is 2. The maximum absolute atomic E-state index is 12.6. The van der Waals surface area contributed by atoms with Crippen LogP contribution in [0.1, 0.15) is 11.1 Å². The van der Waals surface area contributed by atoms with Crippen LogP contribution in [0.15, 0.2) is 12.1 Å². The third kappa shape index (κ3) is 3.06. The Hall–Kier alpha value is -1.37. The van der Waals surface area contributed by atoms with Crippen molar-refractivity contribution in [3.05, 3.63) is 36.9 Å². The molecular formula is C9H4F3IN2O2. The summed E-state index contributed by atoms with van der Waals surface area (Å²) in [5, 5.41) is 19.0. The molecular weight excluding hydrogens is 352 g/mol. The first-order chi connectivity index (χ1) is 7.77. The Morgan fingerprint density at radius 2 is 2.06 bits per heavy atom. The Kier molecular flexibility index (Phi) is 3.92. The van der Waals surface area contributed by atoms with Gasteiger partial charge in [0.25, 0.3) is 5.69 Å². The summed E-state index contributed by atoms with van der Waals surface area (Å²) in [4.78, 5) is 9.53. The van der Waals surface area contributed by atoms with Gasteiger partial charge in [0, 0.05) is 0 Å². The summed E-state index contributed by atoms with van der Waals surface area (Å²) in [5.74, 6) is 0. The van der Waals surface area contributed by atoms with Crippen LogP contribution in [0.4, 0.5) is 18.9 Å². The van der Waals surface area contributed by atoms with Crippen LogP contribution in [-0.4, -0.2) is 4.92 Å². The summed E-state index contributed by atoms with van der Waals surface area (Å²) in [7, 11) is 0. The number of nitro benzene ring substituents is 1. The van der Waals surface area contributed by atoms with Gasteiger partial charge >= 0.3 is 6.18 Å². The van der Waals surface area contributed by atoms with Gasteiger partial charge in [-0.25, -0.2) is 0 Å². The molecule has 0 unspecified atom stereocenters. The number of hydrogen-bond donors (Lipinski definition) is 0. The molecule has 1 rings (SSSR count). The van der Waals surface area contributed by atoms with E-state index in [1.165, 1.54) is 28.7 Å². The molecule has 0 N–H and O–H groups in total. The van der Waals surface area contributed by atoms with Crippen molar-refractivity contribution in [3.63, 3.8) is 0 Å². The average molecular weight is 356 g/mol. The monoisotopic (exact) mass is 356 g/mol. The highest BCUT2D eigenvalue weighted by Gasteiger charge is 2.39. The first kappa shape index (κ1) is 13.7. The van der Waals surface area contributed by atoms with Gasteiger partial charge in [-0.1, -0.05) is 0 Å². The lowest BCUT2D eigenvalue weighted by atomic mass is 10.1. The topological polar surface area (TPSA) is 66.9 Å². The van der Waals surface area contributed by atoms with Gasteiger partial charge in [0.2, 0.25) is 0 Å². The molecule has 0 aliphatic heterocycles. The third-order valence-corrected chi connectivity index (χ3v) is 2.72. The summed E-state index contributed by atoms with van der Waals surface area (Å²) < 4.78 is 37.7. The van der Waals surface area contributed by atoms with Gasteiger partial charge in [-0.05, 0) is 40.3 Å². The van der Waals surface area contributed by atoms with Crippen molar-refractivity contribution in [2.45, 2.75) is 12.6 Å². The van der Waals surface area contributed by atoms with E-state index in [4.69, 9.17) is 5.26 Å². The number of alkyl halides is 3.